The number of nitrogens with one attached hydrogen (secondary N) is 2. The molecule has 6 N–H and O–H groups in total. The van der Waals surface area contributed by atoms with Gasteiger partial charge < -0.3 is 54.7 Å². The van der Waals surface area contributed by atoms with Crippen molar-refractivity contribution in [2.24, 2.45) is 11.8 Å². The van der Waals surface area contributed by atoms with Crippen molar-refractivity contribution in [1.29, 1.82) is 0 Å². The van der Waals surface area contributed by atoms with Gasteiger partial charge in [0.1, 0.15) is 40.6 Å². The molecule has 3 aliphatic rings. The number of phenols is 2. The van der Waals surface area contributed by atoms with E-state index in [2.05, 4.69) is 10.6 Å². The lowest BCUT2D eigenvalue weighted by molar-refractivity contribution is -0.0890. The molecule has 4 aromatic rings. The Balaban J connectivity index is 1.25. The number of aromatic hydroxyl groups is 2. The first-order valence-corrected chi connectivity index (χ1v) is 19.9. The monoisotopic (exact) mass is 768 g/mol. The summed E-state index contributed by atoms with van der Waals surface area (Å²) >= 11 is 0. The van der Waals surface area contributed by atoms with E-state index in [0.717, 1.165) is 66.6 Å². The van der Waals surface area contributed by atoms with Crippen molar-refractivity contribution in [2.75, 3.05) is 47.6 Å². The van der Waals surface area contributed by atoms with Crippen LogP contribution in [0.5, 0.6) is 34.5 Å². The van der Waals surface area contributed by atoms with Gasteiger partial charge in [0, 0.05) is 73.9 Å². The van der Waals surface area contributed by atoms with Crippen molar-refractivity contribution >= 4 is 0 Å². The van der Waals surface area contributed by atoms with E-state index < -0.39 is 30.1 Å². The zero-order valence-electron chi connectivity index (χ0n) is 32.6. The van der Waals surface area contributed by atoms with Crippen molar-refractivity contribution in [3.05, 3.63) is 94.5 Å². The molecule has 7 rings (SSSR count). The molecule has 56 heavy (non-hydrogen) atoms. The van der Waals surface area contributed by atoms with Crippen LogP contribution in [0.1, 0.15) is 78.6 Å². The summed E-state index contributed by atoms with van der Waals surface area (Å²) in [6.45, 7) is 2.87. The molecule has 0 bridgehead atoms. The second-order valence-electron chi connectivity index (χ2n) is 15.3. The normalized spacial score (nSPS) is 21.8. The lowest BCUT2D eigenvalue weighted by Gasteiger charge is -2.45. The largest absolute Gasteiger partial charge is 0.508 e. The molecule has 0 aromatic heterocycles. The van der Waals surface area contributed by atoms with Crippen LogP contribution in [0.2, 0.25) is 0 Å². The molecule has 0 unspecified atom stereocenters. The van der Waals surface area contributed by atoms with Crippen molar-refractivity contribution in [2.45, 2.75) is 75.9 Å². The number of ether oxygens (including phenoxy) is 5. The molecule has 5 atom stereocenters. The van der Waals surface area contributed by atoms with Crippen molar-refractivity contribution < 1.29 is 44.1 Å². The van der Waals surface area contributed by atoms with Gasteiger partial charge in [0.2, 0.25) is 0 Å². The summed E-state index contributed by atoms with van der Waals surface area (Å²) in [6, 6.07) is 20.0. The number of likely N-dealkylation sites (N-methyl/N-ethyl adjacent to an activating group) is 1. The maximum absolute atomic E-state index is 12.5. The third-order valence-corrected chi connectivity index (χ3v) is 11.5. The molecule has 1 fully saturated rings. The number of phenolic OH excluding ortho intramolecular Hbond substituents is 2. The van der Waals surface area contributed by atoms with Gasteiger partial charge in [-0.05, 0) is 111 Å². The highest BCUT2D eigenvalue weighted by atomic mass is 16.5. The van der Waals surface area contributed by atoms with E-state index >= 15 is 0 Å². The van der Waals surface area contributed by atoms with Gasteiger partial charge in [-0.25, -0.2) is 0 Å². The summed E-state index contributed by atoms with van der Waals surface area (Å²) in [5, 5.41) is 52.2. The fraction of sp³-hybridized carbons (Fsp3) is 0.467. The van der Waals surface area contributed by atoms with Crippen LogP contribution in [0.4, 0.5) is 0 Å². The molecule has 0 radical (unpaired) electrons. The molecule has 0 amide bonds. The van der Waals surface area contributed by atoms with Crippen LogP contribution in [-0.4, -0.2) is 80.2 Å². The Labute approximate surface area is 329 Å². The van der Waals surface area contributed by atoms with Crippen molar-refractivity contribution in [1.82, 2.24) is 10.6 Å². The van der Waals surface area contributed by atoms with Gasteiger partial charge in [-0.3, -0.25) is 0 Å². The van der Waals surface area contributed by atoms with Crippen molar-refractivity contribution in [3.63, 3.8) is 0 Å². The van der Waals surface area contributed by atoms with E-state index in [1.807, 2.05) is 43.4 Å². The second-order valence-corrected chi connectivity index (χ2v) is 15.3. The first kappa shape index (κ1) is 39.7. The van der Waals surface area contributed by atoms with Gasteiger partial charge >= 0.3 is 0 Å². The summed E-state index contributed by atoms with van der Waals surface area (Å²) in [7, 11) is 5.21. The smallest absolute Gasteiger partial charge is 0.128 e. The number of methoxy groups -OCH3 is 2. The number of hydrogen-bond donors (Lipinski definition) is 6. The molecule has 2 aliphatic heterocycles. The minimum atomic E-state index is -1.01. The highest BCUT2D eigenvalue weighted by molar-refractivity contribution is 5.70. The van der Waals surface area contributed by atoms with Crippen LogP contribution in [-0.2, 0) is 17.7 Å². The summed E-state index contributed by atoms with van der Waals surface area (Å²) in [5.41, 5.74) is 5.45. The SMILES string of the molecule is CNCCNCc1cc2c(cc1OC)[C@H](O)[C@H]([C@@H]1COc3c(Cc4cc(O)ccc4-c4cccc(O)c4)cc(OC4CCCC4)cc3[C@H]1O)[C@@H](CCCOC)O2. The molecule has 0 spiro atoms. The van der Waals surface area contributed by atoms with Gasteiger partial charge in [0.05, 0.1) is 32.0 Å². The lowest BCUT2D eigenvalue weighted by Crippen LogP contribution is -2.46. The predicted molar refractivity (Wildman–Crippen MR) is 214 cm³/mol. The van der Waals surface area contributed by atoms with Crippen LogP contribution < -0.4 is 29.6 Å². The molecule has 0 saturated heterocycles. The summed E-state index contributed by atoms with van der Waals surface area (Å²) in [6.07, 6.45) is 3.52. The topological polar surface area (TPSA) is 151 Å². The highest BCUT2D eigenvalue weighted by Crippen LogP contribution is 2.52. The van der Waals surface area contributed by atoms with Crippen LogP contribution in [0, 0.1) is 11.8 Å². The van der Waals surface area contributed by atoms with Gasteiger partial charge in [0.25, 0.3) is 0 Å². The number of aliphatic hydroxyl groups is 2. The van der Waals surface area contributed by atoms with Crippen LogP contribution >= 0.6 is 0 Å². The average molecular weight is 769 g/mol. The Bertz CT molecular complexity index is 1950. The lowest BCUT2D eigenvalue weighted by atomic mass is 9.72. The maximum Gasteiger partial charge on any atom is 0.128 e. The molecule has 11 nitrogen and oxygen atoms in total. The Morgan fingerprint density at radius 2 is 1.66 bits per heavy atom. The van der Waals surface area contributed by atoms with E-state index in [-0.39, 0.29) is 24.2 Å². The van der Waals surface area contributed by atoms with Crippen LogP contribution in [0.25, 0.3) is 11.1 Å². The van der Waals surface area contributed by atoms with Crippen LogP contribution in [0.3, 0.4) is 0 Å². The molecule has 4 aromatic carbocycles. The van der Waals surface area contributed by atoms with Crippen LogP contribution in [0.15, 0.2) is 66.7 Å². The van der Waals surface area contributed by atoms with E-state index in [1.165, 1.54) is 0 Å². The molecule has 2 heterocycles. The van der Waals surface area contributed by atoms with E-state index in [0.29, 0.717) is 66.5 Å². The zero-order chi connectivity index (χ0) is 39.2. The predicted octanol–water partition coefficient (Wildman–Crippen LogP) is 6.57. The minimum Gasteiger partial charge on any atom is -0.508 e. The summed E-state index contributed by atoms with van der Waals surface area (Å²) in [4.78, 5) is 0. The van der Waals surface area contributed by atoms with Gasteiger partial charge in [-0.1, -0.05) is 18.2 Å². The summed E-state index contributed by atoms with van der Waals surface area (Å²) in [5.74, 6) is 1.71. The third kappa shape index (κ3) is 8.72. The standard InChI is InChI=1S/C45H56N2O9/c1-46-15-16-47-25-30-22-41-36(24-40(30)53-3)44(51)42(39(56-41)12-7-17-52-2)38-26-54-45-29(21-34(23-37(45)43(38)50)55-33-10-4-5-11-33)18-28-20-32(49)13-14-35(28)27-8-6-9-31(48)19-27/h6,8-9,13-14,19-24,33,38-39,42-44,46-51H,4-5,7,10-12,15-18,25-26H2,1-3H3/t38-,39+,42+,43+,44-/m0/s1. The summed E-state index contributed by atoms with van der Waals surface area (Å²) < 4.78 is 31.2. The van der Waals surface area contributed by atoms with E-state index in [9.17, 15) is 20.4 Å². The Morgan fingerprint density at radius 1 is 0.839 bits per heavy atom. The molecular formula is C45H56N2O9. The molecule has 11 heteroatoms. The maximum atomic E-state index is 12.5. The zero-order valence-corrected chi connectivity index (χ0v) is 32.6. The minimum absolute atomic E-state index is 0.0792. The second kappa shape index (κ2) is 18.2. The van der Waals surface area contributed by atoms with Gasteiger partial charge in [-0.15, -0.1) is 0 Å². The van der Waals surface area contributed by atoms with E-state index in [4.69, 9.17) is 23.7 Å². The fourth-order valence-electron chi connectivity index (χ4n) is 8.74. The molecule has 1 aliphatic carbocycles. The Morgan fingerprint density at radius 3 is 2.43 bits per heavy atom. The first-order chi connectivity index (χ1) is 27.3. The van der Waals surface area contributed by atoms with Crippen molar-refractivity contribution in [3.8, 4) is 45.6 Å². The molecule has 1 saturated carbocycles. The number of aliphatic hydroxyl groups excluding tert-OH is 2. The Hall–Kier alpha value is -4.52. The average Bonchev–Trinajstić information content (AvgIpc) is 3.70. The number of benzene rings is 4. The third-order valence-electron chi connectivity index (χ3n) is 11.5. The molecule has 300 valence electrons. The fourth-order valence-corrected chi connectivity index (χ4v) is 8.74. The van der Waals surface area contributed by atoms with Gasteiger partial charge in [-0.2, -0.15) is 0 Å². The van der Waals surface area contributed by atoms with Gasteiger partial charge in [0.15, 0.2) is 0 Å². The first-order valence-electron chi connectivity index (χ1n) is 19.9. The highest BCUT2D eigenvalue weighted by Gasteiger charge is 2.48. The Kier molecular flexibility index (Phi) is 12.9. The molecular weight excluding hydrogens is 713 g/mol. The number of hydrogen-bond acceptors (Lipinski definition) is 11. The van der Waals surface area contributed by atoms with E-state index in [1.54, 1.807) is 44.6 Å². The number of rotatable bonds is 16. The quantitative estimate of drug-likeness (QED) is 0.0687. The number of fused-ring (bicyclic) bond motifs is 2.